The normalized spacial score (nSPS) is 18.4. The summed E-state index contributed by atoms with van der Waals surface area (Å²) in [7, 11) is 1.65. The third-order valence-electron chi connectivity index (χ3n) is 5.18. The monoisotopic (exact) mass is 422 g/mol. The highest BCUT2D eigenvalue weighted by Gasteiger charge is 2.39. The minimum absolute atomic E-state index is 0.0693. The number of carbonyl (C=O) groups excluding carboxylic acids is 1. The van der Waals surface area contributed by atoms with E-state index in [1.807, 2.05) is 60.1 Å². The standard InChI is InChI=1S/C23H26N4O2S/c1-14-6-8-16(9-7-14)19(28)20-18(15-10-12-17(29-5)13-11-15)26-27-21(23(2,3)4)24-25-22(27)30-20/h6-13,18,20,26H,1-5H3. The van der Waals surface area contributed by atoms with Gasteiger partial charge in [0, 0.05) is 11.0 Å². The van der Waals surface area contributed by atoms with Crippen molar-refractivity contribution >= 4 is 17.5 Å². The van der Waals surface area contributed by atoms with Gasteiger partial charge in [-0.05, 0) is 24.6 Å². The van der Waals surface area contributed by atoms with Gasteiger partial charge in [-0.25, -0.2) is 4.68 Å². The number of Topliss-reactive ketones (excluding diaryl/α,β-unsaturated/α-hetero) is 1. The molecule has 0 spiro atoms. The molecule has 0 amide bonds. The second-order valence-corrected chi connectivity index (χ2v) is 9.65. The number of hydrogen-bond donors (Lipinski definition) is 1. The van der Waals surface area contributed by atoms with E-state index in [0.29, 0.717) is 10.7 Å². The predicted octanol–water partition coefficient (Wildman–Crippen LogP) is 4.53. The van der Waals surface area contributed by atoms with E-state index in [1.54, 1.807) is 7.11 Å². The van der Waals surface area contributed by atoms with Crippen LogP contribution in [0.25, 0.3) is 0 Å². The number of nitrogens with one attached hydrogen (secondary N) is 1. The van der Waals surface area contributed by atoms with Crippen LogP contribution in [0.3, 0.4) is 0 Å². The molecular formula is C23H26N4O2S. The molecule has 6 nitrogen and oxygen atoms in total. The van der Waals surface area contributed by atoms with E-state index >= 15 is 0 Å². The Hall–Kier alpha value is -2.80. The van der Waals surface area contributed by atoms with Crippen LogP contribution in [0.4, 0.5) is 0 Å². The van der Waals surface area contributed by atoms with Crippen LogP contribution in [0.5, 0.6) is 5.75 Å². The van der Waals surface area contributed by atoms with Gasteiger partial charge in [0.2, 0.25) is 5.16 Å². The molecule has 156 valence electrons. The molecule has 1 aromatic heterocycles. The van der Waals surface area contributed by atoms with Gasteiger partial charge >= 0.3 is 0 Å². The molecule has 0 bridgehead atoms. The van der Waals surface area contributed by atoms with Crippen molar-refractivity contribution in [2.45, 2.75) is 49.6 Å². The summed E-state index contributed by atoms with van der Waals surface area (Å²) in [4.78, 5) is 13.5. The van der Waals surface area contributed by atoms with Crippen LogP contribution >= 0.6 is 11.8 Å². The fourth-order valence-electron chi connectivity index (χ4n) is 3.48. The Labute approximate surface area is 181 Å². The van der Waals surface area contributed by atoms with E-state index in [1.165, 1.54) is 11.8 Å². The van der Waals surface area contributed by atoms with Gasteiger partial charge in [-0.2, -0.15) is 0 Å². The smallest absolute Gasteiger partial charge is 0.210 e. The lowest BCUT2D eigenvalue weighted by Gasteiger charge is -2.34. The number of aromatic nitrogens is 3. The van der Waals surface area contributed by atoms with Gasteiger partial charge in [0.05, 0.1) is 13.2 Å². The first-order valence-corrected chi connectivity index (χ1v) is 10.8. The summed E-state index contributed by atoms with van der Waals surface area (Å²) in [5, 5.41) is 9.10. The minimum Gasteiger partial charge on any atom is -0.497 e. The zero-order valence-corrected chi connectivity index (χ0v) is 18.7. The van der Waals surface area contributed by atoms with Crippen molar-refractivity contribution in [3.05, 3.63) is 71.0 Å². The highest BCUT2D eigenvalue weighted by atomic mass is 32.2. The first-order chi connectivity index (χ1) is 14.3. The number of carbonyl (C=O) groups is 1. The number of aryl methyl sites for hydroxylation is 1. The molecule has 0 saturated heterocycles. The quantitative estimate of drug-likeness (QED) is 0.623. The number of methoxy groups -OCH3 is 1. The van der Waals surface area contributed by atoms with E-state index in [9.17, 15) is 4.79 Å². The molecule has 1 N–H and O–H groups in total. The first-order valence-electron chi connectivity index (χ1n) is 9.92. The Morgan fingerprint density at radius 3 is 2.33 bits per heavy atom. The predicted molar refractivity (Wildman–Crippen MR) is 119 cm³/mol. The number of hydrogen-bond acceptors (Lipinski definition) is 6. The number of ketones is 1. The molecule has 2 heterocycles. The molecular weight excluding hydrogens is 396 g/mol. The zero-order valence-electron chi connectivity index (χ0n) is 17.8. The summed E-state index contributed by atoms with van der Waals surface area (Å²) in [6, 6.07) is 15.3. The van der Waals surface area contributed by atoms with Gasteiger partial charge in [-0.15, -0.1) is 10.2 Å². The van der Waals surface area contributed by atoms with E-state index < -0.39 is 0 Å². The highest BCUT2D eigenvalue weighted by molar-refractivity contribution is 8.00. The number of ether oxygens (including phenoxy) is 1. The molecule has 30 heavy (non-hydrogen) atoms. The second kappa shape index (κ2) is 7.80. The number of rotatable bonds is 4. The van der Waals surface area contributed by atoms with E-state index in [0.717, 1.165) is 22.7 Å². The van der Waals surface area contributed by atoms with Gasteiger partial charge in [0.1, 0.15) is 11.0 Å². The Kier molecular flexibility index (Phi) is 5.32. The van der Waals surface area contributed by atoms with E-state index in [2.05, 4.69) is 36.4 Å². The molecule has 0 radical (unpaired) electrons. The van der Waals surface area contributed by atoms with Crippen molar-refractivity contribution in [1.29, 1.82) is 0 Å². The van der Waals surface area contributed by atoms with Crippen LogP contribution in [0.2, 0.25) is 0 Å². The molecule has 1 aliphatic heterocycles. The lowest BCUT2D eigenvalue weighted by atomic mass is 9.95. The number of nitrogens with zero attached hydrogens (tertiary/aromatic N) is 3. The zero-order chi connectivity index (χ0) is 21.5. The molecule has 4 rings (SSSR count). The summed E-state index contributed by atoms with van der Waals surface area (Å²) in [6.45, 7) is 8.32. The van der Waals surface area contributed by atoms with Gasteiger partial charge in [0.15, 0.2) is 11.6 Å². The van der Waals surface area contributed by atoms with Crippen LogP contribution in [0, 0.1) is 6.92 Å². The Bertz CT molecular complexity index is 1050. The molecule has 0 fully saturated rings. The van der Waals surface area contributed by atoms with E-state index in [-0.39, 0.29) is 22.5 Å². The molecule has 7 heteroatoms. The molecule has 2 atom stereocenters. The number of fused-ring (bicyclic) bond motifs is 1. The van der Waals surface area contributed by atoms with Gasteiger partial charge in [0.25, 0.3) is 0 Å². The van der Waals surface area contributed by atoms with Crippen LogP contribution in [-0.2, 0) is 5.41 Å². The molecule has 0 aliphatic carbocycles. The molecule has 1 aliphatic rings. The minimum atomic E-state index is -0.370. The lowest BCUT2D eigenvalue weighted by molar-refractivity contribution is 0.0980. The number of thioether (sulfide) groups is 1. The maximum atomic E-state index is 13.5. The van der Waals surface area contributed by atoms with Crippen LogP contribution in [-0.4, -0.2) is 33.0 Å². The summed E-state index contributed by atoms with van der Waals surface area (Å²) >= 11 is 1.46. The van der Waals surface area contributed by atoms with E-state index in [4.69, 9.17) is 4.74 Å². The Morgan fingerprint density at radius 2 is 1.73 bits per heavy atom. The fourth-order valence-corrected chi connectivity index (χ4v) is 4.64. The van der Waals surface area contributed by atoms with Crippen molar-refractivity contribution in [3.63, 3.8) is 0 Å². The average Bonchev–Trinajstić information content (AvgIpc) is 3.16. The first kappa shape index (κ1) is 20.5. The van der Waals surface area contributed by atoms with Crippen LogP contribution < -0.4 is 10.2 Å². The van der Waals surface area contributed by atoms with Crippen molar-refractivity contribution < 1.29 is 9.53 Å². The fraction of sp³-hybridized carbons (Fsp3) is 0.348. The number of benzene rings is 2. The van der Waals surface area contributed by atoms with Crippen LogP contribution in [0.15, 0.2) is 53.7 Å². The largest absolute Gasteiger partial charge is 0.497 e. The maximum absolute atomic E-state index is 13.5. The molecule has 0 saturated carbocycles. The SMILES string of the molecule is COc1ccc(C2Nn3c(nnc3C(C)(C)C)SC2C(=O)c2ccc(C)cc2)cc1. The molecule has 2 aromatic carbocycles. The van der Waals surface area contributed by atoms with Gasteiger partial charge in [-0.3, -0.25) is 4.79 Å². The Balaban J connectivity index is 1.76. The van der Waals surface area contributed by atoms with Crippen molar-refractivity contribution in [1.82, 2.24) is 14.9 Å². The lowest BCUT2D eigenvalue weighted by Crippen LogP contribution is -2.40. The molecule has 2 unspecified atom stereocenters. The van der Waals surface area contributed by atoms with Gasteiger partial charge < -0.3 is 10.2 Å². The van der Waals surface area contributed by atoms with Gasteiger partial charge in [-0.1, -0.05) is 74.5 Å². The second-order valence-electron chi connectivity index (χ2n) is 8.54. The highest BCUT2D eigenvalue weighted by Crippen LogP contribution is 2.40. The third kappa shape index (κ3) is 3.81. The van der Waals surface area contributed by atoms with Crippen molar-refractivity contribution in [2.24, 2.45) is 0 Å². The average molecular weight is 423 g/mol. The summed E-state index contributed by atoms with van der Waals surface area (Å²) in [5.74, 6) is 1.69. The molecule has 3 aromatic rings. The summed E-state index contributed by atoms with van der Waals surface area (Å²) in [6.07, 6.45) is 0. The summed E-state index contributed by atoms with van der Waals surface area (Å²) < 4.78 is 7.23. The summed E-state index contributed by atoms with van der Waals surface area (Å²) in [5.41, 5.74) is 6.17. The maximum Gasteiger partial charge on any atom is 0.210 e. The van der Waals surface area contributed by atoms with Crippen LogP contribution in [0.1, 0.15) is 54.1 Å². The van der Waals surface area contributed by atoms with Crippen molar-refractivity contribution in [2.75, 3.05) is 12.5 Å². The third-order valence-corrected chi connectivity index (χ3v) is 6.39. The topological polar surface area (TPSA) is 69.0 Å². The van der Waals surface area contributed by atoms with Crippen molar-refractivity contribution in [3.8, 4) is 5.75 Å². The Morgan fingerprint density at radius 1 is 1.07 bits per heavy atom.